The molecule has 0 amide bonds. The molecule has 3 heterocycles. The highest BCUT2D eigenvalue weighted by Crippen LogP contribution is 2.40. The van der Waals surface area contributed by atoms with Gasteiger partial charge < -0.3 is 21.0 Å². The first-order chi connectivity index (χ1) is 18.4. The maximum Gasteiger partial charge on any atom is 0.216 e. The van der Waals surface area contributed by atoms with Crippen molar-refractivity contribution in [2.24, 2.45) is 11.6 Å². The van der Waals surface area contributed by atoms with Crippen LogP contribution in [0.1, 0.15) is 49.1 Å². The fourth-order valence-corrected chi connectivity index (χ4v) is 4.40. The van der Waals surface area contributed by atoms with Gasteiger partial charge in [-0.05, 0) is 63.2 Å². The highest BCUT2D eigenvalue weighted by molar-refractivity contribution is 5.20. The minimum atomic E-state index is -0.287. The van der Waals surface area contributed by atoms with Crippen molar-refractivity contribution in [2.45, 2.75) is 50.6 Å². The van der Waals surface area contributed by atoms with E-state index in [4.69, 9.17) is 11.6 Å². The van der Waals surface area contributed by atoms with Crippen molar-refractivity contribution in [1.29, 1.82) is 0 Å². The van der Waals surface area contributed by atoms with E-state index in [1.807, 2.05) is 12.1 Å². The first-order valence-corrected chi connectivity index (χ1v) is 13.5. The van der Waals surface area contributed by atoms with Crippen molar-refractivity contribution in [1.82, 2.24) is 25.1 Å². The Hall–Kier alpha value is -3.36. The number of halogens is 1. The van der Waals surface area contributed by atoms with Crippen molar-refractivity contribution in [3.63, 3.8) is 0 Å². The van der Waals surface area contributed by atoms with Gasteiger partial charge in [0.05, 0.1) is 12.7 Å². The van der Waals surface area contributed by atoms with E-state index in [0.717, 1.165) is 49.6 Å². The Morgan fingerprint density at radius 1 is 1.13 bits per heavy atom. The number of nitrogens with zero attached hydrogens (tertiary/aromatic N) is 4. The Balaban J connectivity index is 0.000000163. The van der Waals surface area contributed by atoms with Crippen LogP contribution in [0.3, 0.4) is 0 Å². The molecule has 5 N–H and O–H groups in total. The van der Waals surface area contributed by atoms with Crippen LogP contribution in [0.2, 0.25) is 0 Å². The van der Waals surface area contributed by atoms with Crippen molar-refractivity contribution in [2.75, 3.05) is 33.2 Å². The molecule has 1 aliphatic carbocycles. The van der Waals surface area contributed by atoms with Crippen LogP contribution < -0.4 is 16.9 Å². The number of hydrogen-bond acceptors (Lipinski definition) is 7. The third-order valence-corrected chi connectivity index (χ3v) is 6.95. The van der Waals surface area contributed by atoms with E-state index >= 15 is 0 Å². The minimum Gasteiger partial charge on any atom is -0.384 e. The van der Waals surface area contributed by atoms with Crippen LogP contribution in [0.4, 0.5) is 4.39 Å². The summed E-state index contributed by atoms with van der Waals surface area (Å²) in [6, 6.07) is 14.6. The average molecular weight is 522 g/mol. The van der Waals surface area contributed by atoms with Gasteiger partial charge in [0, 0.05) is 43.1 Å². The first kappa shape index (κ1) is 29.2. The second-order valence-electron chi connectivity index (χ2n) is 10.0. The Morgan fingerprint density at radius 3 is 2.42 bits per heavy atom. The molecule has 1 atom stereocenters. The van der Waals surface area contributed by atoms with Crippen LogP contribution in [0.15, 0.2) is 85.6 Å². The Morgan fingerprint density at radius 2 is 1.87 bits per heavy atom. The molecule has 3 fully saturated rings. The van der Waals surface area contributed by atoms with Crippen molar-refractivity contribution in [3.8, 4) is 0 Å². The number of likely N-dealkylation sites (N-methyl/N-ethyl adjacent to an activating group) is 1. The number of rotatable bonds is 9. The van der Waals surface area contributed by atoms with Crippen LogP contribution in [0, 0.1) is 5.95 Å². The molecule has 3 aliphatic rings. The van der Waals surface area contributed by atoms with E-state index in [9.17, 15) is 4.39 Å². The van der Waals surface area contributed by atoms with Crippen LogP contribution in [0.5, 0.6) is 0 Å². The average Bonchev–Trinajstić information content (AvgIpc) is 3.63. The lowest BCUT2D eigenvalue weighted by atomic mass is 10.1. The molecule has 7 nitrogen and oxygen atoms in total. The lowest BCUT2D eigenvalue weighted by Gasteiger charge is -2.33. The molecule has 1 saturated carbocycles. The van der Waals surface area contributed by atoms with E-state index in [1.54, 1.807) is 18.3 Å². The second-order valence-corrected chi connectivity index (χ2v) is 10.0. The van der Waals surface area contributed by atoms with E-state index in [1.165, 1.54) is 42.6 Å². The molecule has 1 unspecified atom stereocenters. The molecule has 0 spiro atoms. The standard InChI is InChI=1S/C14H20N2.C8H8FN.C8H16N4/c1-12(14-9-6-10-16(14)2)15-11-13-7-4-3-5-8-13;9-8-7(6-3-4-6)2-1-5-10-8;1-2-4-12(10)7-8(9)11-5-3-6-11/h3-5,7-8,14-15H,1,6,9-11H2,2H3;1-2,5-6H,3-4H2;2,7H,1,3-6,9-10H2/b;;8-7+. The fourth-order valence-electron chi connectivity index (χ4n) is 4.40. The molecule has 5 rings (SSSR count). The predicted octanol–water partition coefficient (Wildman–Crippen LogP) is 4.29. The van der Waals surface area contributed by atoms with Gasteiger partial charge in [0.1, 0.15) is 5.82 Å². The van der Waals surface area contributed by atoms with Gasteiger partial charge in [0.2, 0.25) is 5.95 Å². The van der Waals surface area contributed by atoms with Gasteiger partial charge in [-0.3, -0.25) is 4.90 Å². The number of pyridine rings is 1. The summed E-state index contributed by atoms with van der Waals surface area (Å²) in [5.74, 6) is 6.50. The number of benzene rings is 1. The molecular weight excluding hydrogens is 477 g/mol. The number of aromatic nitrogens is 1. The van der Waals surface area contributed by atoms with Crippen molar-refractivity contribution < 1.29 is 4.39 Å². The third kappa shape index (κ3) is 9.50. The normalized spacial score (nSPS) is 18.8. The second kappa shape index (κ2) is 15.1. The zero-order valence-electron chi connectivity index (χ0n) is 22.7. The quantitative estimate of drug-likeness (QED) is 0.196. The summed E-state index contributed by atoms with van der Waals surface area (Å²) in [6.45, 7) is 12.5. The smallest absolute Gasteiger partial charge is 0.216 e. The zero-order chi connectivity index (χ0) is 27.3. The largest absolute Gasteiger partial charge is 0.384 e. The first-order valence-electron chi connectivity index (χ1n) is 13.5. The maximum absolute atomic E-state index is 12.8. The lowest BCUT2D eigenvalue weighted by molar-refractivity contribution is 0.228. The summed E-state index contributed by atoms with van der Waals surface area (Å²) in [6.07, 6.45) is 11.0. The van der Waals surface area contributed by atoms with E-state index in [-0.39, 0.29) is 5.95 Å². The molecular formula is C30H44FN7. The van der Waals surface area contributed by atoms with Gasteiger partial charge in [0.15, 0.2) is 0 Å². The summed E-state index contributed by atoms with van der Waals surface area (Å²) in [5.41, 5.74) is 9.00. The van der Waals surface area contributed by atoms with Gasteiger partial charge in [-0.2, -0.15) is 4.39 Å². The summed E-state index contributed by atoms with van der Waals surface area (Å²) in [5, 5.41) is 4.96. The monoisotopic (exact) mass is 521 g/mol. The highest BCUT2D eigenvalue weighted by Gasteiger charge is 2.26. The van der Waals surface area contributed by atoms with Gasteiger partial charge in [0.25, 0.3) is 0 Å². The maximum atomic E-state index is 12.8. The molecule has 2 saturated heterocycles. The molecule has 38 heavy (non-hydrogen) atoms. The number of hydrogen-bond donors (Lipinski definition) is 3. The van der Waals surface area contributed by atoms with E-state index in [2.05, 4.69) is 64.6 Å². The number of likely N-dealkylation sites (tertiary alicyclic amines) is 2. The topological polar surface area (TPSA) is 86.7 Å². The van der Waals surface area contributed by atoms with Crippen LogP contribution in [-0.2, 0) is 6.54 Å². The summed E-state index contributed by atoms with van der Waals surface area (Å²) < 4.78 is 12.8. The zero-order valence-corrected chi connectivity index (χ0v) is 22.7. The van der Waals surface area contributed by atoms with Gasteiger partial charge in [-0.15, -0.1) is 6.58 Å². The minimum absolute atomic E-state index is 0.287. The molecule has 206 valence electrons. The summed E-state index contributed by atoms with van der Waals surface area (Å²) in [4.78, 5) is 8.04. The lowest BCUT2D eigenvalue weighted by Crippen LogP contribution is -2.41. The van der Waals surface area contributed by atoms with Gasteiger partial charge in [-0.25, -0.2) is 10.8 Å². The highest BCUT2D eigenvalue weighted by atomic mass is 19.1. The third-order valence-electron chi connectivity index (χ3n) is 6.95. The molecule has 1 aromatic carbocycles. The molecule has 1 aromatic heterocycles. The SMILES string of the molecule is C=C(NCc1ccccc1)C1CCCN1C.C=CCN(N)/C=C(\N)N1CCC1.Fc1ncccc1C1CC1. The summed E-state index contributed by atoms with van der Waals surface area (Å²) >= 11 is 0. The molecule has 0 bridgehead atoms. The molecule has 2 aromatic rings. The fraction of sp³-hybridized carbons (Fsp3) is 0.433. The van der Waals surface area contributed by atoms with E-state index < -0.39 is 0 Å². The number of hydrazine groups is 1. The number of nitrogens with one attached hydrogen (secondary N) is 1. The Kier molecular flexibility index (Phi) is 11.6. The van der Waals surface area contributed by atoms with Gasteiger partial charge in [-0.1, -0.05) is 49.1 Å². The molecule has 0 radical (unpaired) electrons. The van der Waals surface area contributed by atoms with E-state index in [0.29, 0.717) is 18.5 Å². The Labute approximate surface area is 227 Å². The van der Waals surface area contributed by atoms with Gasteiger partial charge >= 0.3 is 0 Å². The number of nitrogens with two attached hydrogens (primary N) is 2. The van der Waals surface area contributed by atoms with Crippen LogP contribution >= 0.6 is 0 Å². The molecule has 2 aliphatic heterocycles. The summed E-state index contributed by atoms with van der Waals surface area (Å²) in [7, 11) is 2.17. The van der Waals surface area contributed by atoms with Crippen LogP contribution in [-0.4, -0.2) is 59.1 Å². The van der Waals surface area contributed by atoms with Crippen LogP contribution in [0.25, 0.3) is 0 Å². The molecule has 8 heteroatoms. The Bertz CT molecular complexity index is 1030. The van der Waals surface area contributed by atoms with Crippen molar-refractivity contribution in [3.05, 3.63) is 103 Å². The predicted molar refractivity (Wildman–Crippen MR) is 154 cm³/mol. The van der Waals surface area contributed by atoms with Crippen molar-refractivity contribution >= 4 is 0 Å².